The van der Waals surface area contributed by atoms with Crippen LogP contribution in [0.2, 0.25) is 0 Å². The summed E-state index contributed by atoms with van der Waals surface area (Å²) < 4.78 is 50.8. The van der Waals surface area contributed by atoms with Gasteiger partial charge in [-0.2, -0.15) is 0 Å². The number of carbonyl (C=O) groups is 3. The van der Waals surface area contributed by atoms with Crippen molar-refractivity contribution in [3.63, 3.8) is 0 Å². The molecule has 3 unspecified atom stereocenters. The van der Waals surface area contributed by atoms with E-state index < -0.39 is 62.4 Å². The molecule has 0 saturated heterocycles. The van der Waals surface area contributed by atoms with Crippen molar-refractivity contribution in [1.29, 1.82) is 0 Å². The second-order valence-electron chi connectivity index (χ2n) is 12.6. The molecule has 0 amide bonds. The number of nitrogens with two attached hydrogens (primary N) is 1. The monoisotopic (exact) mass is 709 g/mol. The van der Waals surface area contributed by atoms with Crippen LogP contribution in [0.15, 0.2) is 4.76 Å². The van der Waals surface area contributed by atoms with Gasteiger partial charge in [0.25, 0.3) is 0 Å². The number of hydrogen-bond donors (Lipinski definition) is 2. The highest BCUT2D eigenvalue weighted by atomic mass is 31.2. The molecule has 0 aromatic heterocycles. The van der Waals surface area contributed by atoms with Crippen LogP contribution in [-0.4, -0.2) is 73.1 Å². The summed E-state index contributed by atoms with van der Waals surface area (Å²) in [5.41, 5.74) is 6.14. The molecule has 0 spiro atoms. The lowest BCUT2D eigenvalue weighted by Gasteiger charge is -2.30. The number of aliphatic carboxylic acids is 1. The fourth-order valence-electron chi connectivity index (χ4n) is 4.34. The van der Waals surface area contributed by atoms with Crippen LogP contribution in [0.1, 0.15) is 138 Å². The van der Waals surface area contributed by atoms with Gasteiger partial charge < -0.3 is 34.7 Å². The third-order valence-corrected chi connectivity index (χ3v) is 8.72. The first-order chi connectivity index (χ1) is 22.7. The molecule has 0 bridgehead atoms. The Bertz CT molecular complexity index is 930. The summed E-state index contributed by atoms with van der Waals surface area (Å²) in [7, 11) is -3.40. The van der Waals surface area contributed by atoms with E-state index in [0.717, 1.165) is 69.1 Å². The van der Waals surface area contributed by atoms with E-state index in [2.05, 4.69) is 18.6 Å². The van der Waals surface area contributed by atoms with E-state index in [1.165, 1.54) is 7.05 Å². The summed E-state index contributed by atoms with van der Waals surface area (Å²) in [6.45, 7) is 12.9. The lowest BCUT2D eigenvalue weighted by molar-refractivity contribution is -0.141. The topological polar surface area (TPSA) is 186 Å². The van der Waals surface area contributed by atoms with Crippen LogP contribution in [0.4, 0.5) is 9.59 Å². The average molecular weight is 710 g/mol. The summed E-state index contributed by atoms with van der Waals surface area (Å²) in [4.78, 5) is 38.1. The third-order valence-electron chi connectivity index (χ3n) is 7.32. The van der Waals surface area contributed by atoms with Gasteiger partial charge in [0, 0.05) is 18.9 Å². The van der Waals surface area contributed by atoms with Gasteiger partial charge in [-0.15, -0.1) is 4.76 Å². The van der Waals surface area contributed by atoms with Gasteiger partial charge in [0.1, 0.15) is 6.04 Å². The first-order valence-electron chi connectivity index (χ1n) is 17.7. The van der Waals surface area contributed by atoms with Gasteiger partial charge in [-0.1, -0.05) is 119 Å². The second-order valence-corrected chi connectivity index (χ2v) is 14.1. The molecule has 0 heterocycles. The molecular weight excluding hydrogens is 645 g/mol. The Balaban J connectivity index is 5.92. The predicted molar refractivity (Wildman–Crippen MR) is 184 cm³/mol. The molecule has 0 aliphatic carbocycles. The normalized spacial score (nSPS) is 15.0. The van der Waals surface area contributed by atoms with E-state index >= 15 is 0 Å². The Hall–Kier alpha value is -2.57. The van der Waals surface area contributed by atoms with Crippen molar-refractivity contribution in [2.75, 3.05) is 20.3 Å². The van der Waals surface area contributed by atoms with Crippen LogP contribution >= 0.6 is 7.75 Å². The van der Waals surface area contributed by atoms with Crippen LogP contribution in [-0.2, 0) is 37.4 Å². The molecule has 0 aromatic rings. The Morgan fingerprint density at radius 2 is 1.10 bits per heavy atom. The number of carboxylic acid groups (broad SMARTS) is 1. The van der Waals surface area contributed by atoms with Crippen LogP contribution in [0.25, 0.3) is 0 Å². The van der Waals surface area contributed by atoms with Crippen LogP contribution in [0.3, 0.4) is 0 Å². The number of rotatable bonds is 27. The molecule has 15 heteroatoms. The molecule has 0 rings (SSSR count). The number of ether oxygens (including phenoxy) is 4. The van der Waals surface area contributed by atoms with Gasteiger partial charge in [0.15, 0.2) is 0 Å². The zero-order valence-corrected chi connectivity index (χ0v) is 31.5. The van der Waals surface area contributed by atoms with Crippen LogP contribution < -0.4 is 5.73 Å². The number of carbonyl (C=O) groups excluding carboxylic acids is 2. The maximum absolute atomic E-state index is 14.3. The van der Waals surface area contributed by atoms with E-state index in [0.29, 0.717) is 19.3 Å². The Morgan fingerprint density at radius 3 is 1.46 bits per heavy atom. The quantitative estimate of drug-likeness (QED) is 0.0206. The molecule has 3 N–H and O–H groups in total. The molecule has 0 aliphatic rings. The van der Waals surface area contributed by atoms with Crippen molar-refractivity contribution in [2.24, 2.45) is 22.3 Å². The molecule has 0 saturated carbocycles. The zero-order valence-electron chi connectivity index (χ0n) is 30.6. The first kappa shape index (κ1) is 45.4. The van der Waals surface area contributed by atoms with Crippen molar-refractivity contribution in [2.45, 2.75) is 157 Å². The number of hydrogen-bond acceptors (Lipinski definition) is 10. The number of unbranched alkanes of at least 4 members (excludes halogenated alkanes) is 10. The second kappa shape index (κ2) is 26.3. The fourth-order valence-corrected chi connectivity index (χ4v) is 5.97. The number of guanidine groups is 1. The van der Waals surface area contributed by atoms with Crippen molar-refractivity contribution in [3.05, 3.63) is 0 Å². The SMILES string of the molecule is CCCCCCCCOC(=O)OC(OP(=O)(N=C(N)N(C)C(CCC)C(=O)O)OC(OC(=O)OCCCCCCCC)C(C)C)C(C)C. The molecule has 0 aromatic carbocycles. The van der Waals surface area contributed by atoms with Gasteiger partial charge in [0.05, 0.1) is 13.2 Å². The molecule has 282 valence electrons. The minimum Gasteiger partial charge on any atom is -0.480 e. The predicted octanol–water partition coefficient (Wildman–Crippen LogP) is 8.62. The molecule has 3 atom stereocenters. The van der Waals surface area contributed by atoms with Gasteiger partial charge in [0.2, 0.25) is 18.5 Å². The highest BCUT2D eigenvalue weighted by molar-refractivity contribution is 7.52. The average Bonchev–Trinajstić information content (AvgIpc) is 3.01. The molecule has 0 radical (unpaired) electrons. The lowest BCUT2D eigenvalue weighted by atomic mass is 10.1. The highest BCUT2D eigenvalue weighted by Gasteiger charge is 2.39. The number of nitrogens with zero attached hydrogens (tertiary/aromatic N) is 2. The molecule has 48 heavy (non-hydrogen) atoms. The van der Waals surface area contributed by atoms with E-state index in [-0.39, 0.29) is 19.6 Å². The van der Waals surface area contributed by atoms with Crippen LogP contribution in [0, 0.1) is 11.8 Å². The van der Waals surface area contributed by atoms with Gasteiger partial charge in [-0.05, 0) is 19.3 Å². The van der Waals surface area contributed by atoms with Crippen molar-refractivity contribution >= 4 is 32.0 Å². The molecular formula is C33H64N3O11P. The Labute approximate surface area is 288 Å². The highest BCUT2D eigenvalue weighted by Crippen LogP contribution is 2.54. The minimum absolute atomic E-state index is 0.137. The number of likely N-dealkylation sites (N-methyl/N-ethyl adjacent to an activating group) is 1. The largest absolute Gasteiger partial charge is 0.510 e. The standard InChI is InChI=1S/C33H64N3O11P/c1-9-12-14-16-18-20-23-42-32(39)44-29(25(4)5)46-48(41,35-31(34)36(8)27(22-11-3)28(37)38)47-30(26(6)7)45-33(40)43-24-21-19-17-15-13-10-2/h25-27,29-30H,9-24H2,1-8H3,(H,37,38)(H2,34,35,41). The van der Waals surface area contributed by atoms with E-state index in [4.69, 9.17) is 33.7 Å². The van der Waals surface area contributed by atoms with Gasteiger partial charge in [-0.3, -0.25) is 0 Å². The van der Waals surface area contributed by atoms with Crippen LogP contribution in [0.5, 0.6) is 0 Å². The Morgan fingerprint density at radius 1 is 0.708 bits per heavy atom. The fraction of sp³-hybridized carbons (Fsp3) is 0.879. The van der Waals surface area contributed by atoms with Crippen molar-refractivity contribution in [1.82, 2.24) is 4.90 Å². The van der Waals surface area contributed by atoms with E-state index in [1.807, 2.05) is 0 Å². The maximum Gasteiger partial charge on any atom is 0.510 e. The zero-order chi connectivity index (χ0) is 36.5. The van der Waals surface area contributed by atoms with E-state index in [9.17, 15) is 24.1 Å². The third kappa shape index (κ3) is 20.7. The maximum atomic E-state index is 14.3. The van der Waals surface area contributed by atoms with Crippen molar-refractivity contribution in [3.8, 4) is 0 Å². The minimum atomic E-state index is -4.78. The van der Waals surface area contributed by atoms with Crippen molar-refractivity contribution < 1.29 is 52.1 Å². The molecule has 0 fully saturated rings. The molecule has 14 nitrogen and oxygen atoms in total. The first-order valence-corrected chi connectivity index (χ1v) is 19.2. The summed E-state index contributed by atoms with van der Waals surface area (Å²) in [6, 6.07) is -1.09. The summed E-state index contributed by atoms with van der Waals surface area (Å²) >= 11 is 0. The van der Waals surface area contributed by atoms with Gasteiger partial charge in [-0.25, -0.2) is 28.0 Å². The summed E-state index contributed by atoms with van der Waals surface area (Å²) in [5, 5.41) is 9.72. The summed E-state index contributed by atoms with van der Waals surface area (Å²) in [6.07, 6.45) is 7.68. The number of carboxylic acids is 1. The summed E-state index contributed by atoms with van der Waals surface area (Å²) in [5.74, 6) is -2.77. The van der Waals surface area contributed by atoms with Gasteiger partial charge >= 0.3 is 26.0 Å². The van der Waals surface area contributed by atoms with E-state index in [1.54, 1.807) is 34.6 Å². The Kier molecular flexibility index (Phi) is 24.9. The molecule has 0 aliphatic heterocycles. The smallest absolute Gasteiger partial charge is 0.480 e. The lowest BCUT2D eigenvalue weighted by Crippen LogP contribution is -2.46.